The van der Waals surface area contributed by atoms with E-state index in [0.29, 0.717) is 6.54 Å². The standard InChI is InChI=1S/C18H18Cl2N2O5S/c1-2-9-21-17(23)11-27-18(24)13-5-3-4-6-15(13)22-28(25,26)16-10-12(19)7-8-14(16)20/h3-8,10,22H,2,9,11H2,1H3,(H,21,23). The van der Waals surface area contributed by atoms with Gasteiger partial charge in [-0.2, -0.15) is 0 Å². The first-order valence-electron chi connectivity index (χ1n) is 8.25. The maximum atomic E-state index is 12.7. The van der Waals surface area contributed by atoms with Crippen LogP contribution in [0.4, 0.5) is 5.69 Å². The second-order valence-corrected chi connectivity index (χ2v) is 8.15. The number of para-hydroxylation sites is 1. The average Bonchev–Trinajstić information content (AvgIpc) is 2.66. The number of carbonyl (C=O) groups excluding carboxylic acids is 2. The Morgan fingerprint density at radius 3 is 2.54 bits per heavy atom. The molecule has 0 aliphatic rings. The minimum Gasteiger partial charge on any atom is -0.452 e. The molecule has 0 radical (unpaired) electrons. The summed E-state index contributed by atoms with van der Waals surface area (Å²) in [6.45, 7) is 1.88. The van der Waals surface area contributed by atoms with Gasteiger partial charge in [0.15, 0.2) is 6.61 Å². The molecule has 0 aliphatic heterocycles. The number of nitrogens with one attached hydrogen (secondary N) is 2. The largest absolute Gasteiger partial charge is 0.452 e. The van der Waals surface area contributed by atoms with E-state index in [1.807, 2.05) is 6.92 Å². The summed E-state index contributed by atoms with van der Waals surface area (Å²) in [5.41, 5.74) is -0.0648. The van der Waals surface area contributed by atoms with Crippen LogP contribution in [0.3, 0.4) is 0 Å². The summed E-state index contributed by atoms with van der Waals surface area (Å²) in [5.74, 6) is -1.29. The van der Waals surface area contributed by atoms with Gasteiger partial charge in [0.05, 0.1) is 16.3 Å². The van der Waals surface area contributed by atoms with Gasteiger partial charge in [-0.1, -0.05) is 42.3 Å². The Bertz CT molecular complexity index is 980. The Kier molecular flexibility index (Phi) is 7.68. The molecule has 0 unspecified atom stereocenters. The lowest BCUT2D eigenvalue weighted by Gasteiger charge is -2.13. The molecule has 0 fully saturated rings. The normalized spacial score (nSPS) is 11.0. The second-order valence-electron chi connectivity index (χ2n) is 5.65. The van der Waals surface area contributed by atoms with E-state index in [2.05, 4.69) is 10.0 Å². The van der Waals surface area contributed by atoms with E-state index in [0.717, 1.165) is 6.42 Å². The predicted molar refractivity (Wildman–Crippen MR) is 107 cm³/mol. The fourth-order valence-corrected chi connectivity index (χ4v) is 4.00. The van der Waals surface area contributed by atoms with Gasteiger partial charge in [-0.25, -0.2) is 13.2 Å². The number of benzene rings is 2. The zero-order valence-electron chi connectivity index (χ0n) is 14.9. The molecule has 0 saturated heterocycles. The molecule has 0 aliphatic carbocycles. The quantitative estimate of drug-likeness (QED) is 0.606. The van der Waals surface area contributed by atoms with Crippen molar-refractivity contribution in [3.8, 4) is 0 Å². The molecule has 2 rings (SSSR count). The third-order valence-corrected chi connectivity index (χ3v) is 5.56. The molecule has 1 amide bonds. The summed E-state index contributed by atoms with van der Waals surface area (Å²) in [6, 6.07) is 9.87. The highest BCUT2D eigenvalue weighted by molar-refractivity contribution is 7.92. The van der Waals surface area contributed by atoms with Crippen LogP contribution in [0.25, 0.3) is 0 Å². The van der Waals surface area contributed by atoms with Gasteiger partial charge in [-0.15, -0.1) is 0 Å². The zero-order chi connectivity index (χ0) is 20.7. The summed E-state index contributed by atoms with van der Waals surface area (Å²) in [7, 11) is -4.12. The van der Waals surface area contributed by atoms with Crippen LogP contribution in [0.1, 0.15) is 23.7 Å². The summed E-state index contributed by atoms with van der Waals surface area (Å²) in [6.07, 6.45) is 0.746. The van der Waals surface area contributed by atoms with Gasteiger partial charge in [0.2, 0.25) is 0 Å². The molecule has 150 valence electrons. The molecular weight excluding hydrogens is 427 g/mol. The topological polar surface area (TPSA) is 102 Å². The van der Waals surface area contributed by atoms with Crippen molar-refractivity contribution >= 4 is 50.8 Å². The van der Waals surface area contributed by atoms with Crippen LogP contribution in [0, 0.1) is 0 Å². The Labute approximate surface area is 173 Å². The van der Waals surface area contributed by atoms with Crippen molar-refractivity contribution in [2.75, 3.05) is 17.9 Å². The van der Waals surface area contributed by atoms with E-state index in [1.54, 1.807) is 6.07 Å². The lowest BCUT2D eigenvalue weighted by molar-refractivity contribution is -0.124. The molecule has 7 nitrogen and oxygen atoms in total. The Balaban J connectivity index is 2.20. The third kappa shape index (κ3) is 5.85. The van der Waals surface area contributed by atoms with Crippen LogP contribution >= 0.6 is 23.2 Å². The highest BCUT2D eigenvalue weighted by Crippen LogP contribution is 2.28. The van der Waals surface area contributed by atoms with E-state index in [1.165, 1.54) is 36.4 Å². The van der Waals surface area contributed by atoms with Crippen molar-refractivity contribution in [1.29, 1.82) is 0 Å². The SMILES string of the molecule is CCCNC(=O)COC(=O)c1ccccc1NS(=O)(=O)c1cc(Cl)ccc1Cl. The monoisotopic (exact) mass is 444 g/mol. The van der Waals surface area contributed by atoms with E-state index < -0.39 is 28.5 Å². The fraction of sp³-hybridized carbons (Fsp3) is 0.222. The highest BCUT2D eigenvalue weighted by atomic mass is 35.5. The Morgan fingerprint density at radius 1 is 1.11 bits per heavy atom. The molecule has 10 heteroatoms. The van der Waals surface area contributed by atoms with Gasteiger partial charge in [-0.05, 0) is 36.8 Å². The molecule has 0 bridgehead atoms. The maximum absolute atomic E-state index is 12.7. The first-order chi connectivity index (χ1) is 13.2. The fourth-order valence-electron chi connectivity index (χ4n) is 2.16. The number of esters is 1. The number of halogens is 2. The lowest BCUT2D eigenvalue weighted by Crippen LogP contribution is -2.29. The van der Waals surface area contributed by atoms with Gasteiger partial charge in [-0.3, -0.25) is 9.52 Å². The van der Waals surface area contributed by atoms with Crippen molar-refractivity contribution in [2.24, 2.45) is 0 Å². The van der Waals surface area contributed by atoms with Crippen molar-refractivity contribution in [2.45, 2.75) is 18.2 Å². The molecule has 0 atom stereocenters. The van der Waals surface area contributed by atoms with Gasteiger partial charge >= 0.3 is 5.97 Å². The number of carbonyl (C=O) groups is 2. The van der Waals surface area contributed by atoms with Crippen LogP contribution < -0.4 is 10.0 Å². The van der Waals surface area contributed by atoms with Gasteiger partial charge in [0.1, 0.15) is 4.90 Å². The number of rotatable bonds is 8. The zero-order valence-corrected chi connectivity index (χ0v) is 17.2. The van der Waals surface area contributed by atoms with Crippen molar-refractivity contribution in [3.05, 3.63) is 58.1 Å². The molecule has 0 heterocycles. The van der Waals surface area contributed by atoms with Crippen molar-refractivity contribution in [1.82, 2.24) is 5.32 Å². The summed E-state index contributed by atoms with van der Waals surface area (Å²) < 4.78 is 32.6. The maximum Gasteiger partial charge on any atom is 0.340 e. The summed E-state index contributed by atoms with van der Waals surface area (Å²) >= 11 is 11.8. The highest BCUT2D eigenvalue weighted by Gasteiger charge is 2.22. The van der Waals surface area contributed by atoms with Crippen LogP contribution in [0.15, 0.2) is 47.4 Å². The van der Waals surface area contributed by atoms with Crippen molar-refractivity contribution in [3.63, 3.8) is 0 Å². The van der Waals surface area contributed by atoms with Crippen LogP contribution in [0.2, 0.25) is 10.0 Å². The first-order valence-corrected chi connectivity index (χ1v) is 10.5. The van der Waals surface area contributed by atoms with Gasteiger partial charge < -0.3 is 10.1 Å². The van der Waals surface area contributed by atoms with Gasteiger partial charge in [0, 0.05) is 11.6 Å². The molecule has 2 N–H and O–H groups in total. The average molecular weight is 445 g/mol. The van der Waals surface area contributed by atoms with Crippen molar-refractivity contribution < 1.29 is 22.7 Å². The van der Waals surface area contributed by atoms with Crippen LogP contribution in [0.5, 0.6) is 0 Å². The van der Waals surface area contributed by atoms with Gasteiger partial charge in [0.25, 0.3) is 15.9 Å². The number of hydrogen-bond donors (Lipinski definition) is 2. The first kappa shape index (κ1) is 22.0. The molecule has 0 aromatic heterocycles. The predicted octanol–water partition coefficient (Wildman–Crippen LogP) is 3.48. The van der Waals surface area contributed by atoms with E-state index in [4.69, 9.17) is 27.9 Å². The van der Waals surface area contributed by atoms with E-state index >= 15 is 0 Å². The van der Waals surface area contributed by atoms with Crippen LogP contribution in [-0.4, -0.2) is 33.4 Å². The Hall–Kier alpha value is -2.29. The summed E-state index contributed by atoms with van der Waals surface area (Å²) in [5, 5.41) is 2.74. The van der Waals surface area contributed by atoms with E-state index in [-0.39, 0.29) is 26.2 Å². The minimum absolute atomic E-state index is 0.0162. The molecule has 2 aromatic rings. The lowest BCUT2D eigenvalue weighted by atomic mass is 10.2. The van der Waals surface area contributed by atoms with E-state index in [9.17, 15) is 18.0 Å². The number of sulfonamides is 1. The molecule has 2 aromatic carbocycles. The van der Waals surface area contributed by atoms with Crippen LogP contribution in [-0.2, 0) is 19.6 Å². The third-order valence-electron chi connectivity index (χ3n) is 3.48. The minimum atomic E-state index is -4.12. The smallest absolute Gasteiger partial charge is 0.340 e. The Morgan fingerprint density at radius 2 is 1.82 bits per heavy atom. The summed E-state index contributed by atoms with van der Waals surface area (Å²) in [4.78, 5) is 23.6. The number of hydrogen-bond acceptors (Lipinski definition) is 5. The molecule has 28 heavy (non-hydrogen) atoms. The number of amides is 1. The molecule has 0 spiro atoms. The number of ether oxygens (including phenoxy) is 1. The second kappa shape index (κ2) is 9.77. The molecular formula is C18H18Cl2N2O5S. The number of anilines is 1. The molecule has 0 saturated carbocycles.